The van der Waals surface area contributed by atoms with Gasteiger partial charge in [-0.25, -0.2) is 4.79 Å². The molecule has 0 bridgehead atoms. The minimum atomic E-state index is -0.983. The molecule has 0 fully saturated rings. The second-order valence-corrected chi connectivity index (χ2v) is 7.18. The highest BCUT2D eigenvalue weighted by atomic mass is 35.5. The molecule has 0 amide bonds. The molecule has 0 atom stereocenters. The lowest BCUT2D eigenvalue weighted by molar-refractivity contribution is 0.0698. The van der Waals surface area contributed by atoms with Crippen molar-refractivity contribution in [1.29, 1.82) is 0 Å². The van der Waals surface area contributed by atoms with E-state index >= 15 is 0 Å². The van der Waals surface area contributed by atoms with Crippen molar-refractivity contribution < 1.29 is 14.6 Å². The normalized spacial score (nSPS) is 10.6. The van der Waals surface area contributed by atoms with E-state index in [9.17, 15) is 9.90 Å². The van der Waals surface area contributed by atoms with Gasteiger partial charge in [0.2, 0.25) is 0 Å². The summed E-state index contributed by atoms with van der Waals surface area (Å²) in [4.78, 5) is 12.5. The standard InChI is InChI=1S/C21H18ClNO3S/c1-26-13-14-9-17(22)12-18(10-14)27-23-20-11-16(7-8-19(20)21(24)25)15-5-3-2-4-6-15/h2-12,23H,13H2,1H3,(H,24,25). The van der Waals surface area contributed by atoms with E-state index in [1.165, 1.54) is 11.9 Å². The highest BCUT2D eigenvalue weighted by Gasteiger charge is 2.12. The molecule has 0 radical (unpaired) electrons. The molecule has 0 aliphatic rings. The number of hydrogen-bond acceptors (Lipinski definition) is 4. The lowest BCUT2D eigenvalue weighted by Gasteiger charge is -2.12. The van der Waals surface area contributed by atoms with Crippen LogP contribution in [0.5, 0.6) is 0 Å². The summed E-state index contributed by atoms with van der Waals surface area (Å²) in [5.74, 6) is -0.983. The average molecular weight is 400 g/mol. The third-order valence-electron chi connectivity index (χ3n) is 3.88. The Morgan fingerprint density at radius 1 is 1.07 bits per heavy atom. The van der Waals surface area contributed by atoms with Gasteiger partial charge in [0.1, 0.15) is 0 Å². The zero-order chi connectivity index (χ0) is 19.2. The molecule has 0 aromatic heterocycles. The Labute approximate surface area is 167 Å². The highest BCUT2D eigenvalue weighted by Crippen LogP contribution is 2.31. The molecule has 3 aromatic rings. The first-order valence-electron chi connectivity index (χ1n) is 8.21. The Morgan fingerprint density at radius 3 is 2.56 bits per heavy atom. The third-order valence-corrected chi connectivity index (χ3v) is 4.89. The number of carboxylic acid groups (broad SMARTS) is 1. The molecular weight excluding hydrogens is 382 g/mol. The molecule has 0 aliphatic carbocycles. The van der Waals surface area contributed by atoms with Crippen LogP contribution in [0.25, 0.3) is 11.1 Å². The number of anilines is 1. The SMILES string of the molecule is COCc1cc(Cl)cc(SNc2cc(-c3ccccc3)ccc2C(=O)O)c1. The van der Waals surface area contributed by atoms with Gasteiger partial charge in [-0.15, -0.1) is 0 Å². The van der Waals surface area contributed by atoms with E-state index in [2.05, 4.69) is 4.72 Å². The number of ether oxygens (including phenoxy) is 1. The third kappa shape index (κ3) is 5.04. The van der Waals surface area contributed by atoms with Crippen molar-refractivity contribution in [3.05, 3.63) is 82.9 Å². The van der Waals surface area contributed by atoms with E-state index in [4.69, 9.17) is 16.3 Å². The molecule has 0 saturated heterocycles. The summed E-state index contributed by atoms with van der Waals surface area (Å²) in [5, 5.41) is 10.1. The zero-order valence-electron chi connectivity index (χ0n) is 14.6. The van der Waals surface area contributed by atoms with Gasteiger partial charge in [-0.3, -0.25) is 0 Å². The lowest BCUT2D eigenvalue weighted by Crippen LogP contribution is -2.02. The topological polar surface area (TPSA) is 58.6 Å². The number of carbonyl (C=O) groups is 1. The fraction of sp³-hybridized carbons (Fsp3) is 0.0952. The summed E-state index contributed by atoms with van der Waals surface area (Å²) < 4.78 is 8.30. The van der Waals surface area contributed by atoms with Crippen molar-refractivity contribution in [2.24, 2.45) is 0 Å². The van der Waals surface area contributed by atoms with Crippen molar-refractivity contribution in [3.8, 4) is 11.1 Å². The number of halogens is 1. The molecule has 6 heteroatoms. The van der Waals surface area contributed by atoms with Gasteiger partial charge in [0.05, 0.1) is 17.9 Å². The second-order valence-electron chi connectivity index (χ2n) is 5.86. The fourth-order valence-corrected chi connectivity index (χ4v) is 3.78. The monoisotopic (exact) mass is 399 g/mol. The fourth-order valence-electron chi connectivity index (χ4n) is 2.67. The van der Waals surface area contributed by atoms with Gasteiger partial charge in [0.15, 0.2) is 0 Å². The van der Waals surface area contributed by atoms with Crippen LogP contribution in [-0.2, 0) is 11.3 Å². The summed E-state index contributed by atoms with van der Waals surface area (Å²) in [5.41, 5.74) is 3.65. The predicted molar refractivity (Wildman–Crippen MR) is 110 cm³/mol. The van der Waals surface area contributed by atoms with Crippen LogP contribution in [0.15, 0.2) is 71.6 Å². The smallest absolute Gasteiger partial charge is 0.337 e. The number of nitrogens with one attached hydrogen (secondary N) is 1. The van der Waals surface area contributed by atoms with Crippen LogP contribution < -0.4 is 4.72 Å². The molecule has 0 spiro atoms. The molecule has 3 rings (SSSR count). The number of hydrogen-bond donors (Lipinski definition) is 2. The maximum absolute atomic E-state index is 11.6. The van der Waals surface area contributed by atoms with E-state index in [1.54, 1.807) is 13.2 Å². The molecule has 138 valence electrons. The van der Waals surface area contributed by atoms with Gasteiger partial charge in [0.25, 0.3) is 0 Å². The summed E-state index contributed by atoms with van der Waals surface area (Å²) in [6, 6.07) is 20.7. The first-order valence-corrected chi connectivity index (χ1v) is 9.40. The minimum absolute atomic E-state index is 0.210. The molecule has 0 unspecified atom stereocenters. The van der Waals surface area contributed by atoms with Crippen LogP contribution >= 0.6 is 23.5 Å². The number of methoxy groups -OCH3 is 1. The van der Waals surface area contributed by atoms with Crippen molar-refractivity contribution in [2.75, 3.05) is 11.8 Å². The van der Waals surface area contributed by atoms with Crippen LogP contribution in [0.2, 0.25) is 5.02 Å². The number of aromatic carboxylic acids is 1. The molecule has 2 N–H and O–H groups in total. The second kappa shape index (κ2) is 8.95. The molecule has 4 nitrogen and oxygen atoms in total. The average Bonchev–Trinajstić information content (AvgIpc) is 2.66. The Hall–Kier alpha value is -2.47. The van der Waals surface area contributed by atoms with Crippen LogP contribution in [0.1, 0.15) is 15.9 Å². The Kier molecular flexibility index (Phi) is 6.40. The number of carboxylic acids is 1. The van der Waals surface area contributed by atoms with E-state index in [-0.39, 0.29) is 5.56 Å². The van der Waals surface area contributed by atoms with Crippen molar-refractivity contribution in [2.45, 2.75) is 11.5 Å². The Balaban J connectivity index is 1.88. The van der Waals surface area contributed by atoms with Gasteiger partial charge in [-0.1, -0.05) is 48.0 Å². The zero-order valence-corrected chi connectivity index (χ0v) is 16.2. The summed E-state index contributed by atoms with van der Waals surface area (Å²) >= 11 is 7.47. The molecule has 0 aliphatic heterocycles. The van der Waals surface area contributed by atoms with Crippen LogP contribution in [-0.4, -0.2) is 18.2 Å². The van der Waals surface area contributed by atoms with Gasteiger partial charge >= 0.3 is 5.97 Å². The highest BCUT2D eigenvalue weighted by molar-refractivity contribution is 8.00. The molecule has 27 heavy (non-hydrogen) atoms. The Morgan fingerprint density at radius 2 is 1.85 bits per heavy atom. The van der Waals surface area contributed by atoms with E-state index in [0.29, 0.717) is 17.3 Å². The van der Waals surface area contributed by atoms with Gasteiger partial charge in [0, 0.05) is 17.0 Å². The molecular formula is C21H18ClNO3S. The largest absolute Gasteiger partial charge is 0.478 e. The number of rotatable bonds is 7. The van der Waals surface area contributed by atoms with Crippen molar-refractivity contribution in [3.63, 3.8) is 0 Å². The summed E-state index contributed by atoms with van der Waals surface area (Å²) in [6.45, 7) is 0.456. The number of benzene rings is 3. The van der Waals surface area contributed by atoms with E-state index in [0.717, 1.165) is 21.6 Å². The molecule has 0 saturated carbocycles. The minimum Gasteiger partial charge on any atom is -0.478 e. The van der Waals surface area contributed by atoms with Crippen molar-refractivity contribution in [1.82, 2.24) is 0 Å². The van der Waals surface area contributed by atoms with E-state index in [1.807, 2.05) is 60.7 Å². The van der Waals surface area contributed by atoms with Gasteiger partial charge in [-0.2, -0.15) is 0 Å². The van der Waals surface area contributed by atoms with Gasteiger partial charge < -0.3 is 14.6 Å². The summed E-state index contributed by atoms with van der Waals surface area (Å²) in [7, 11) is 1.63. The first kappa shape index (κ1) is 19.3. The van der Waals surface area contributed by atoms with Gasteiger partial charge in [-0.05, 0) is 59.0 Å². The summed E-state index contributed by atoms with van der Waals surface area (Å²) in [6.07, 6.45) is 0. The van der Waals surface area contributed by atoms with Crippen molar-refractivity contribution >= 4 is 35.2 Å². The maximum atomic E-state index is 11.6. The first-order chi connectivity index (χ1) is 13.1. The predicted octanol–water partition coefficient (Wildman–Crippen LogP) is 5.97. The lowest BCUT2D eigenvalue weighted by atomic mass is 10.0. The van der Waals surface area contributed by atoms with Crippen LogP contribution in [0.4, 0.5) is 5.69 Å². The quantitative estimate of drug-likeness (QED) is 0.479. The Bertz CT molecular complexity index is 947. The van der Waals surface area contributed by atoms with Crippen LogP contribution in [0.3, 0.4) is 0 Å². The molecule has 0 heterocycles. The van der Waals surface area contributed by atoms with E-state index < -0.39 is 5.97 Å². The maximum Gasteiger partial charge on any atom is 0.337 e. The van der Waals surface area contributed by atoms with Crippen LogP contribution in [0, 0.1) is 0 Å². The molecule has 3 aromatic carbocycles.